The summed E-state index contributed by atoms with van der Waals surface area (Å²) in [6.07, 6.45) is 1.81. The molecule has 0 aromatic heterocycles. The number of aliphatic imine (C=N–C) groups is 1. The Morgan fingerprint density at radius 3 is 2.18 bits per heavy atom. The van der Waals surface area contributed by atoms with E-state index in [1.54, 1.807) is 0 Å². The van der Waals surface area contributed by atoms with Crippen LogP contribution in [0.2, 0.25) is 0 Å². The van der Waals surface area contributed by atoms with Crippen molar-refractivity contribution in [2.75, 3.05) is 13.2 Å². The van der Waals surface area contributed by atoms with Crippen LogP contribution in [0.4, 0.5) is 0 Å². The summed E-state index contributed by atoms with van der Waals surface area (Å²) in [5, 5.41) is 0. The van der Waals surface area contributed by atoms with Gasteiger partial charge in [0.25, 0.3) is 0 Å². The van der Waals surface area contributed by atoms with Gasteiger partial charge in [-0.25, -0.2) is 4.99 Å². The molecule has 2 N–H and O–H groups in total. The number of benzene rings is 1. The van der Waals surface area contributed by atoms with E-state index < -0.39 is 5.91 Å². The molecule has 0 atom stereocenters. The molecular weight excluding hydrogens is 276 g/mol. The van der Waals surface area contributed by atoms with Crippen molar-refractivity contribution in [1.29, 1.82) is 0 Å². The van der Waals surface area contributed by atoms with Gasteiger partial charge in [-0.2, -0.15) is 0 Å². The third-order valence-corrected chi connectivity index (χ3v) is 3.77. The molecule has 4 nitrogen and oxygen atoms in total. The van der Waals surface area contributed by atoms with Gasteiger partial charge in [0.2, 0.25) is 0 Å². The number of hydrogen-bond acceptors (Lipinski definition) is 4. The van der Waals surface area contributed by atoms with Crippen LogP contribution in [0.25, 0.3) is 0 Å². The van der Waals surface area contributed by atoms with E-state index in [9.17, 15) is 0 Å². The Morgan fingerprint density at radius 1 is 1.09 bits per heavy atom. The zero-order chi connectivity index (χ0) is 16.4. The second-order valence-corrected chi connectivity index (χ2v) is 6.79. The fraction of sp³-hybridized carbons (Fsp3) is 0.611. The lowest BCUT2D eigenvalue weighted by Gasteiger charge is -2.28. The topological polar surface area (TPSA) is 56.8 Å². The molecule has 0 fully saturated rings. The van der Waals surface area contributed by atoms with Crippen LogP contribution in [0.5, 0.6) is 0 Å². The maximum absolute atomic E-state index is 6.17. The molecule has 1 aliphatic heterocycles. The van der Waals surface area contributed by atoms with Crippen LogP contribution in [0.1, 0.15) is 64.2 Å². The first-order valence-electron chi connectivity index (χ1n) is 8.12. The predicted molar refractivity (Wildman–Crippen MR) is 90.0 cm³/mol. The minimum Gasteiger partial charge on any atom is -0.383 e. The predicted octanol–water partition coefficient (Wildman–Crippen LogP) is 3.67. The monoisotopic (exact) mass is 304 g/mol. The molecule has 1 aromatic rings. The van der Waals surface area contributed by atoms with Gasteiger partial charge in [0.05, 0.1) is 13.2 Å². The Bertz CT molecular complexity index is 551. The zero-order valence-corrected chi connectivity index (χ0v) is 14.4. The first-order valence-corrected chi connectivity index (χ1v) is 8.12. The van der Waals surface area contributed by atoms with Gasteiger partial charge in [-0.05, 0) is 29.9 Å². The highest BCUT2D eigenvalue weighted by Crippen LogP contribution is 2.39. The third-order valence-electron chi connectivity index (χ3n) is 3.77. The van der Waals surface area contributed by atoms with Crippen molar-refractivity contribution in [1.82, 2.24) is 0 Å². The van der Waals surface area contributed by atoms with Crippen LogP contribution >= 0.6 is 0 Å². The van der Waals surface area contributed by atoms with Gasteiger partial charge < -0.3 is 15.2 Å². The molecule has 1 aliphatic rings. The smallest absolute Gasteiger partial charge is 0.300 e. The molecule has 1 aromatic carbocycles. The minimum atomic E-state index is -1.07. The van der Waals surface area contributed by atoms with E-state index >= 15 is 0 Å². The van der Waals surface area contributed by atoms with Crippen LogP contribution in [0.15, 0.2) is 23.2 Å². The molecular formula is C18H28N2O2. The summed E-state index contributed by atoms with van der Waals surface area (Å²) in [5.74, 6) is -0.574. The van der Waals surface area contributed by atoms with Gasteiger partial charge in [-0.3, -0.25) is 0 Å². The SMILES string of the molecule is CCCOC1(OCCC)N=C(N)c2cc(C(C)(C)C)ccc21. The van der Waals surface area contributed by atoms with Crippen molar-refractivity contribution in [2.24, 2.45) is 10.7 Å². The van der Waals surface area contributed by atoms with Gasteiger partial charge >= 0.3 is 5.91 Å². The lowest BCUT2D eigenvalue weighted by molar-refractivity contribution is -0.239. The highest BCUT2D eigenvalue weighted by molar-refractivity contribution is 6.01. The van der Waals surface area contributed by atoms with Crippen molar-refractivity contribution in [3.63, 3.8) is 0 Å². The van der Waals surface area contributed by atoms with Crippen LogP contribution in [0, 0.1) is 0 Å². The van der Waals surface area contributed by atoms with E-state index in [4.69, 9.17) is 15.2 Å². The highest BCUT2D eigenvalue weighted by Gasteiger charge is 2.42. The molecule has 0 amide bonds. The lowest BCUT2D eigenvalue weighted by Crippen LogP contribution is -2.30. The molecule has 2 rings (SSSR count). The van der Waals surface area contributed by atoms with Gasteiger partial charge in [0.15, 0.2) is 0 Å². The van der Waals surface area contributed by atoms with E-state index in [-0.39, 0.29) is 5.41 Å². The van der Waals surface area contributed by atoms with E-state index in [2.05, 4.69) is 51.7 Å². The summed E-state index contributed by atoms with van der Waals surface area (Å²) in [6.45, 7) is 11.9. The molecule has 0 bridgehead atoms. The molecule has 0 saturated heterocycles. The van der Waals surface area contributed by atoms with E-state index in [1.807, 2.05) is 6.07 Å². The molecule has 22 heavy (non-hydrogen) atoms. The summed E-state index contributed by atoms with van der Waals surface area (Å²) in [6, 6.07) is 6.28. The first-order chi connectivity index (χ1) is 10.3. The van der Waals surface area contributed by atoms with Gasteiger partial charge in [-0.15, -0.1) is 0 Å². The average molecular weight is 304 g/mol. The van der Waals surface area contributed by atoms with Gasteiger partial charge in [0.1, 0.15) is 5.84 Å². The molecule has 0 aliphatic carbocycles. The number of fused-ring (bicyclic) bond motifs is 1. The maximum Gasteiger partial charge on any atom is 0.300 e. The first kappa shape index (κ1) is 17.0. The fourth-order valence-corrected chi connectivity index (χ4v) is 2.52. The molecule has 1 heterocycles. The minimum absolute atomic E-state index is 0.0646. The molecule has 0 spiro atoms. The van der Waals surface area contributed by atoms with Crippen LogP contribution in [-0.4, -0.2) is 19.0 Å². The van der Waals surface area contributed by atoms with E-state index in [1.165, 1.54) is 5.56 Å². The normalized spacial score (nSPS) is 16.5. The van der Waals surface area contributed by atoms with Gasteiger partial charge in [0, 0.05) is 11.1 Å². The number of rotatable bonds is 6. The summed E-state index contributed by atoms with van der Waals surface area (Å²) in [4.78, 5) is 4.54. The fourth-order valence-electron chi connectivity index (χ4n) is 2.52. The van der Waals surface area contributed by atoms with Gasteiger partial charge in [-0.1, -0.05) is 46.8 Å². The number of hydrogen-bond donors (Lipinski definition) is 1. The van der Waals surface area contributed by atoms with Crippen LogP contribution in [-0.2, 0) is 20.8 Å². The Kier molecular flexibility index (Phi) is 4.93. The van der Waals surface area contributed by atoms with E-state index in [0.29, 0.717) is 19.0 Å². The van der Waals surface area contributed by atoms with Crippen molar-refractivity contribution in [2.45, 2.75) is 58.8 Å². The average Bonchev–Trinajstić information content (AvgIpc) is 2.75. The lowest BCUT2D eigenvalue weighted by atomic mass is 9.85. The third kappa shape index (κ3) is 3.18. The second kappa shape index (κ2) is 6.39. The maximum atomic E-state index is 6.17. The van der Waals surface area contributed by atoms with Crippen molar-refractivity contribution in [3.8, 4) is 0 Å². The van der Waals surface area contributed by atoms with Crippen LogP contribution in [0.3, 0.4) is 0 Å². The Labute approximate surface area is 133 Å². The molecule has 0 radical (unpaired) electrons. The Morgan fingerprint density at radius 2 is 1.68 bits per heavy atom. The zero-order valence-electron chi connectivity index (χ0n) is 14.4. The quantitative estimate of drug-likeness (QED) is 0.816. The Hall–Kier alpha value is -1.39. The van der Waals surface area contributed by atoms with Crippen LogP contribution < -0.4 is 5.73 Å². The standard InChI is InChI=1S/C18H28N2O2/c1-6-10-21-18(22-11-7-2)15-9-8-13(17(3,4)5)12-14(15)16(19)20-18/h8-9,12H,6-7,10-11H2,1-5H3,(H2,19,20). The Balaban J connectivity index is 2.45. The van der Waals surface area contributed by atoms with Crippen molar-refractivity contribution >= 4 is 5.84 Å². The second-order valence-electron chi connectivity index (χ2n) is 6.79. The summed E-state index contributed by atoms with van der Waals surface area (Å²) in [7, 11) is 0. The highest BCUT2D eigenvalue weighted by atomic mass is 16.7. The number of nitrogens with zero attached hydrogens (tertiary/aromatic N) is 1. The largest absolute Gasteiger partial charge is 0.383 e. The van der Waals surface area contributed by atoms with Crippen molar-refractivity contribution < 1.29 is 9.47 Å². The number of amidine groups is 1. The molecule has 0 saturated carbocycles. The van der Waals surface area contributed by atoms with E-state index in [0.717, 1.165) is 24.0 Å². The molecule has 0 unspecified atom stereocenters. The number of nitrogens with two attached hydrogens (primary N) is 1. The summed E-state index contributed by atoms with van der Waals surface area (Å²) in [5.41, 5.74) is 9.31. The summed E-state index contributed by atoms with van der Waals surface area (Å²) < 4.78 is 11.9. The van der Waals surface area contributed by atoms with Crippen molar-refractivity contribution in [3.05, 3.63) is 34.9 Å². The number of ether oxygens (including phenoxy) is 2. The molecule has 122 valence electrons. The summed E-state index contributed by atoms with van der Waals surface area (Å²) >= 11 is 0. The molecule has 4 heteroatoms.